The highest BCUT2D eigenvalue weighted by atomic mass is 16.9. The summed E-state index contributed by atoms with van der Waals surface area (Å²) >= 11 is 0. The molecule has 0 aliphatic carbocycles. The van der Waals surface area contributed by atoms with Gasteiger partial charge in [0.1, 0.15) is 0 Å². The highest BCUT2D eigenvalue weighted by Gasteiger charge is 2.56. The monoisotopic (exact) mass is 158 g/mol. The molecule has 0 bridgehead atoms. The molecule has 1 fully saturated rings. The maximum atomic E-state index is 10.6. The number of carbonyl (C=O) groups excluding carboxylic acids is 1. The van der Waals surface area contributed by atoms with Crippen LogP contribution in [-0.4, -0.2) is 25.2 Å². The molecule has 0 spiro atoms. The van der Waals surface area contributed by atoms with Gasteiger partial charge >= 0.3 is 5.97 Å². The summed E-state index contributed by atoms with van der Waals surface area (Å²) in [6, 6.07) is 0. The van der Waals surface area contributed by atoms with Gasteiger partial charge in [-0.05, 0) is 6.92 Å². The van der Waals surface area contributed by atoms with Crippen LogP contribution in [0, 0.1) is 0 Å². The van der Waals surface area contributed by atoms with Crippen molar-refractivity contribution in [3.63, 3.8) is 0 Å². The predicted octanol–water partition coefficient (Wildman–Crippen LogP) is 0.434. The van der Waals surface area contributed by atoms with E-state index < -0.39 is 18.0 Å². The third-order valence-electron chi connectivity index (χ3n) is 1.51. The van der Waals surface area contributed by atoms with Gasteiger partial charge in [-0.2, -0.15) is 0 Å². The first-order valence-corrected chi connectivity index (χ1v) is 3.18. The molecular formula is C7H10O4. The zero-order valence-electron chi connectivity index (χ0n) is 6.49. The summed E-state index contributed by atoms with van der Waals surface area (Å²) in [4.78, 5) is 10.6. The highest BCUT2D eigenvalue weighted by Crippen LogP contribution is 2.37. The molecule has 1 heterocycles. The van der Waals surface area contributed by atoms with Gasteiger partial charge in [0, 0.05) is 13.2 Å². The first-order valence-electron chi connectivity index (χ1n) is 3.18. The molecule has 11 heavy (non-hydrogen) atoms. The van der Waals surface area contributed by atoms with Gasteiger partial charge in [-0.1, -0.05) is 6.58 Å². The van der Waals surface area contributed by atoms with Crippen LogP contribution >= 0.6 is 0 Å². The number of esters is 1. The molecule has 1 aliphatic rings. The Kier molecular flexibility index (Phi) is 1.97. The second-order valence-electron chi connectivity index (χ2n) is 2.31. The number of carbonyl (C=O) groups is 1. The zero-order chi connectivity index (χ0) is 8.48. The normalized spacial score (nSPS) is 34.5. The molecule has 0 saturated carbocycles. The van der Waals surface area contributed by atoms with Crippen molar-refractivity contribution >= 4 is 5.97 Å². The van der Waals surface area contributed by atoms with Gasteiger partial charge < -0.3 is 9.47 Å². The number of rotatable bonds is 3. The summed E-state index contributed by atoms with van der Waals surface area (Å²) in [5.41, 5.74) is 0. The van der Waals surface area contributed by atoms with Gasteiger partial charge in [0.2, 0.25) is 5.79 Å². The van der Waals surface area contributed by atoms with Crippen molar-refractivity contribution in [2.45, 2.75) is 19.0 Å². The summed E-state index contributed by atoms with van der Waals surface area (Å²) < 4.78 is 14.5. The average molecular weight is 158 g/mol. The topological polar surface area (TPSA) is 48.1 Å². The fourth-order valence-electron chi connectivity index (χ4n) is 0.608. The van der Waals surface area contributed by atoms with E-state index in [9.17, 15) is 4.79 Å². The van der Waals surface area contributed by atoms with E-state index in [1.165, 1.54) is 7.11 Å². The summed E-state index contributed by atoms with van der Waals surface area (Å²) in [5, 5.41) is 0. The Morgan fingerprint density at radius 3 is 2.82 bits per heavy atom. The number of methoxy groups -OCH3 is 1. The van der Waals surface area contributed by atoms with Crippen molar-refractivity contribution < 1.29 is 19.0 Å². The first kappa shape index (κ1) is 8.23. The quantitative estimate of drug-likeness (QED) is 0.339. The zero-order valence-corrected chi connectivity index (χ0v) is 6.49. The molecule has 0 amide bonds. The number of ether oxygens (including phenoxy) is 3. The lowest BCUT2D eigenvalue weighted by atomic mass is 10.4. The largest absolute Gasteiger partial charge is 0.426 e. The van der Waals surface area contributed by atoms with E-state index in [0.29, 0.717) is 0 Å². The number of hydrogen-bond donors (Lipinski definition) is 0. The van der Waals surface area contributed by atoms with Crippen molar-refractivity contribution in [1.82, 2.24) is 0 Å². The molecule has 0 N–H and O–H groups in total. The molecule has 2 unspecified atom stereocenters. The fourth-order valence-corrected chi connectivity index (χ4v) is 0.608. The Balaban J connectivity index is 2.33. The van der Waals surface area contributed by atoms with Crippen LogP contribution in [0.3, 0.4) is 0 Å². The molecule has 0 aromatic carbocycles. The van der Waals surface area contributed by atoms with Crippen LogP contribution in [0.15, 0.2) is 12.7 Å². The number of epoxide rings is 1. The lowest BCUT2D eigenvalue weighted by Gasteiger charge is -2.00. The van der Waals surface area contributed by atoms with Gasteiger partial charge in [-0.3, -0.25) is 4.74 Å². The number of hydrogen-bond acceptors (Lipinski definition) is 4. The second kappa shape index (κ2) is 2.64. The van der Waals surface area contributed by atoms with Crippen LogP contribution in [0.5, 0.6) is 0 Å². The SMILES string of the molecule is C=CC(=O)OC1OC1(C)OC. The first-order chi connectivity index (χ1) is 5.12. The van der Waals surface area contributed by atoms with Crippen molar-refractivity contribution in [3.05, 3.63) is 12.7 Å². The van der Waals surface area contributed by atoms with Crippen LogP contribution in [0.1, 0.15) is 6.92 Å². The molecule has 2 atom stereocenters. The van der Waals surface area contributed by atoms with E-state index in [1.807, 2.05) is 0 Å². The molecule has 1 aliphatic heterocycles. The van der Waals surface area contributed by atoms with E-state index in [4.69, 9.17) is 14.2 Å². The summed E-state index contributed by atoms with van der Waals surface area (Å²) in [6.45, 7) is 4.93. The van der Waals surface area contributed by atoms with Gasteiger partial charge in [0.05, 0.1) is 0 Å². The lowest BCUT2D eigenvalue weighted by Crippen LogP contribution is -2.16. The smallest absolute Gasteiger partial charge is 0.332 e. The van der Waals surface area contributed by atoms with Crippen molar-refractivity contribution in [2.75, 3.05) is 7.11 Å². The molecule has 62 valence electrons. The third-order valence-corrected chi connectivity index (χ3v) is 1.51. The Hall–Kier alpha value is -0.870. The maximum absolute atomic E-state index is 10.6. The van der Waals surface area contributed by atoms with E-state index in [-0.39, 0.29) is 0 Å². The minimum absolute atomic E-state index is 0.504. The summed E-state index contributed by atoms with van der Waals surface area (Å²) in [6.07, 6.45) is 0.496. The minimum Gasteiger partial charge on any atom is -0.426 e. The Morgan fingerprint density at radius 2 is 2.45 bits per heavy atom. The Morgan fingerprint density at radius 1 is 1.82 bits per heavy atom. The molecule has 1 saturated heterocycles. The van der Waals surface area contributed by atoms with Gasteiger partial charge in [0.25, 0.3) is 6.29 Å². The van der Waals surface area contributed by atoms with Gasteiger partial charge in [0.15, 0.2) is 0 Å². The molecule has 4 nitrogen and oxygen atoms in total. The van der Waals surface area contributed by atoms with E-state index in [1.54, 1.807) is 6.92 Å². The van der Waals surface area contributed by atoms with Crippen LogP contribution in [0.4, 0.5) is 0 Å². The van der Waals surface area contributed by atoms with E-state index in [2.05, 4.69) is 6.58 Å². The second-order valence-corrected chi connectivity index (χ2v) is 2.31. The standard InChI is InChI=1S/C7H10O4/c1-4-5(8)10-6-7(2,9-3)11-6/h4,6H,1H2,2-3H3. The van der Waals surface area contributed by atoms with Crippen LogP contribution in [-0.2, 0) is 19.0 Å². The fraction of sp³-hybridized carbons (Fsp3) is 0.571. The van der Waals surface area contributed by atoms with Crippen LogP contribution in [0.25, 0.3) is 0 Å². The molecule has 0 radical (unpaired) electrons. The Labute approximate surface area is 64.7 Å². The molecule has 0 aromatic heterocycles. The summed E-state index contributed by atoms with van der Waals surface area (Å²) in [7, 11) is 1.49. The van der Waals surface area contributed by atoms with Crippen LogP contribution < -0.4 is 0 Å². The van der Waals surface area contributed by atoms with Gasteiger partial charge in [-0.25, -0.2) is 4.79 Å². The molecule has 4 heteroatoms. The van der Waals surface area contributed by atoms with Crippen LogP contribution in [0.2, 0.25) is 0 Å². The van der Waals surface area contributed by atoms with E-state index in [0.717, 1.165) is 6.08 Å². The molecular weight excluding hydrogens is 148 g/mol. The van der Waals surface area contributed by atoms with Gasteiger partial charge in [-0.15, -0.1) is 0 Å². The highest BCUT2D eigenvalue weighted by molar-refractivity contribution is 5.81. The molecule has 1 rings (SSSR count). The maximum Gasteiger partial charge on any atom is 0.332 e. The van der Waals surface area contributed by atoms with E-state index >= 15 is 0 Å². The summed E-state index contributed by atoms with van der Waals surface area (Å²) in [5.74, 6) is -1.26. The van der Waals surface area contributed by atoms with Crippen molar-refractivity contribution in [3.8, 4) is 0 Å². The minimum atomic E-state index is -0.751. The average Bonchev–Trinajstić information content (AvgIpc) is 2.63. The predicted molar refractivity (Wildman–Crippen MR) is 36.6 cm³/mol. The van der Waals surface area contributed by atoms with Crippen molar-refractivity contribution in [1.29, 1.82) is 0 Å². The Bertz CT molecular complexity index is 189. The third kappa shape index (κ3) is 1.58. The molecule has 0 aromatic rings. The van der Waals surface area contributed by atoms with Crippen molar-refractivity contribution in [2.24, 2.45) is 0 Å². The lowest BCUT2D eigenvalue weighted by molar-refractivity contribution is -0.143.